The Bertz CT molecular complexity index is 407. The average Bonchev–Trinajstić information content (AvgIpc) is 2.26. The topological polar surface area (TPSA) is 132 Å². The molecule has 0 aromatic rings. The van der Waals surface area contributed by atoms with Crippen molar-refractivity contribution in [3.05, 3.63) is 0 Å². The molecule has 0 aromatic carbocycles. The van der Waals surface area contributed by atoms with Crippen LogP contribution < -0.4 is 0 Å². The van der Waals surface area contributed by atoms with E-state index in [-0.39, 0.29) is 8.61 Å². The quantitative estimate of drug-likeness (QED) is 0.556. The van der Waals surface area contributed by atoms with Gasteiger partial charge in [-0.1, -0.05) is 0 Å². The molecule has 0 radical (unpaired) electrons. The summed E-state index contributed by atoms with van der Waals surface area (Å²) in [5, 5.41) is 0. The van der Waals surface area contributed by atoms with Crippen LogP contribution in [0.4, 0.5) is 4.79 Å². The second kappa shape index (κ2) is 3.05. The maximum atomic E-state index is 11.0. The molecule has 1 rings (SSSR count). The van der Waals surface area contributed by atoms with Gasteiger partial charge in [0.15, 0.2) is 0 Å². The summed E-state index contributed by atoms with van der Waals surface area (Å²) < 4.78 is 58.6. The van der Waals surface area contributed by atoms with Gasteiger partial charge in [-0.3, -0.25) is 9.11 Å². The molecule has 0 aliphatic carbocycles. The van der Waals surface area contributed by atoms with E-state index in [1.807, 2.05) is 0 Å². The molecule has 1 saturated heterocycles. The first-order valence-corrected chi connectivity index (χ1v) is 5.97. The fourth-order valence-corrected chi connectivity index (χ4v) is 2.19. The van der Waals surface area contributed by atoms with Crippen molar-refractivity contribution in [1.29, 1.82) is 0 Å². The highest BCUT2D eigenvalue weighted by molar-refractivity contribution is 7.85. The van der Waals surface area contributed by atoms with Gasteiger partial charge in [-0.25, -0.2) is 4.79 Å². The maximum absolute atomic E-state index is 11.0. The minimum atomic E-state index is -4.78. The number of rotatable bonds is 2. The summed E-state index contributed by atoms with van der Waals surface area (Å²) in [6, 6.07) is -1.50. The van der Waals surface area contributed by atoms with Crippen LogP contribution in [0.3, 0.4) is 0 Å². The molecular formula is C3H6N2O7S2. The maximum Gasteiger partial charge on any atom is 0.363 e. The molecule has 0 bridgehead atoms. The molecule has 1 aliphatic heterocycles. The van der Waals surface area contributed by atoms with Crippen LogP contribution in [-0.4, -0.2) is 53.7 Å². The van der Waals surface area contributed by atoms with Crippen LogP contribution in [-0.2, 0) is 20.6 Å². The number of hydrogen-bond donors (Lipinski definition) is 2. The molecule has 0 atom stereocenters. The zero-order valence-corrected chi connectivity index (χ0v) is 8.19. The molecule has 0 spiro atoms. The van der Waals surface area contributed by atoms with Gasteiger partial charge in [0.2, 0.25) is 0 Å². The van der Waals surface area contributed by atoms with E-state index in [4.69, 9.17) is 9.11 Å². The third-order valence-electron chi connectivity index (χ3n) is 1.49. The molecule has 11 heteroatoms. The van der Waals surface area contributed by atoms with Crippen molar-refractivity contribution >= 4 is 26.6 Å². The normalized spacial score (nSPS) is 19.1. The SMILES string of the molecule is O=C1N(S(=O)(=O)O)CCN1S(=O)(=O)O. The van der Waals surface area contributed by atoms with Gasteiger partial charge in [0.1, 0.15) is 0 Å². The van der Waals surface area contributed by atoms with Crippen LogP contribution in [0.15, 0.2) is 0 Å². The highest BCUT2D eigenvalue weighted by Crippen LogP contribution is 2.14. The number of carbonyl (C=O) groups is 1. The molecule has 2 N–H and O–H groups in total. The van der Waals surface area contributed by atoms with Crippen molar-refractivity contribution in [2.45, 2.75) is 0 Å². The largest absolute Gasteiger partial charge is 0.363 e. The molecule has 1 fully saturated rings. The Labute approximate surface area is 79.7 Å². The average molecular weight is 246 g/mol. The lowest BCUT2D eigenvalue weighted by Crippen LogP contribution is -2.38. The zero-order valence-electron chi connectivity index (χ0n) is 6.56. The summed E-state index contributed by atoms with van der Waals surface area (Å²) in [5.41, 5.74) is 0. The second-order valence-electron chi connectivity index (χ2n) is 2.38. The highest BCUT2D eigenvalue weighted by atomic mass is 32.2. The van der Waals surface area contributed by atoms with Gasteiger partial charge in [0.05, 0.1) is 13.1 Å². The van der Waals surface area contributed by atoms with Crippen LogP contribution in [0, 0.1) is 0 Å². The fourth-order valence-electron chi connectivity index (χ4n) is 0.925. The Morgan fingerprint density at radius 2 is 1.21 bits per heavy atom. The van der Waals surface area contributed by atoms with Crippen molar-refractivity contribution < 1.29 is 30.7 Å². The van der Waals surface area contributed by atoms with E-state index in [2.05, 4.69) is 0 Å². The minimum Gasteiger partial charge on any atom is -0.269 e. The second-order valence-corrected chi connectivity index (χ2v) is 5.06. The fraction of sp³-hybridized carbons (Fsp3) is 0.667. The molecule has 14 heavy (non-hydrogen) atoms. The van der Waals surface area contributed by atoms with Gasteiger partial charge < -0.3 is 0 Å². The Kier molecular flexibility index (Phi) is 2.43. The predicted octanol–water partition coefficient (Wildman–Crippen LogP) is -1.67. The Hall–Kier alpha value is -0.910. The third kappa shape index (κ3) is 1.95. The standard InChI is InChI=1S/C3H6N2O7S2/c6-3-4(13(7,8)9)1-2-5(3)14(10,11)12/h1-2H2,(H,7,8,9)(H,10,11,12). The summed E-state index contributed by atoms with van der Waals surface area (Å²) in [6.07, 6.45) is 0. The van der Waals surface area contributed by atoms with Gasteiger partial charge in [0, 0.05) is 0 Å². The van der Waals surface area contributed by atoms with Crippen molar-refractivity contribution in [3.63, 3.8) is 0 Å². The number of hydrogen-bond acceptors (Lipinski definition) is 5. The first-order valence-electron chi connectivity index (χ1n) is 3.18. The summed E-state index contributed by atoms with van der Waals surface area (Å²) in [6.45, 7) is -1.06. The molecule has 9 nitrogen and oxygen atoms in total. The summed E-state index contributed by atoms with van der Waals surface area (Å²) in [7, 11) is -9.56. The van der Waals surface area contributed by atoms with Crippen LogP contribution >= 0.6 is 0 Å². The Morgan fingerprint density at radius 1 is 0.929 bits per heavy atom. The lowest BCUT2D eigenvalue weighted by atomic mass is 10.7. The van der Waals surface area contributed by atoms with Gasteiger partial charge in [-0.15, -0.1) is 0 Å². The van der Waals surface area contributed by atoms with Gasteiger partial charge in [-0.2, -0.15) is 25.4 Å². The summed E-state index contributed by atoms with van der Waals surface area (Å²) in [4.78, 5) is 11.0. The monoisotopic (exact) mass is 246 g/mol. The van der Waals surface area contributed by atoms with Crippen molar-refractivity contribution in [2.75, 3.05) is 13.1 Å². The smallest absolute Gasteiger partial charge is 0.269 e. The van der Waals surface area contributed by atoms with Crippen LogP contribution in [0.1, 0.15) is 0 Å². The Balaban J connectivity index is 3.03. The molecular weight excluding hydrogens is 240 g/mol. The van der Waals surface area contributed by atoms with E-state index in [0.29, 0.717) is 0 Å². The number of urea groups is 1. The summed E-state index contributed by atoms with van der Waals surface area (Å²) in [5.74, 6) is 0. The zero-order chi connectivity index (χ0) is 11.1. The Morgan fingerprint density at radius 3 is 1.36 bits per heavy atom. The number of nitrogens with zero attached hydrogens (tertiary/aromatic N) is 2. The van der Waals surface area contributed by atoms with Crippen molar-refractivity contribution in [1.82, 2.24) is 8.61 Å². The summed E-state index contributed by atoms with van der Waals surface area (Å²) >= 11 is 0. The molecule has 0 aromatic heterocycles. The van der Waals surface area contributed by atoms with E-state index < -0.39 is 39.7 Å². The van der Waals surface area contributed by atoms with E-state index in [1.165, 1.54) is 0 Å². The third-order valence-corrected chi connectivity index (χ3v) is 3.28. The van der Waals surface area contributed by atoms with E-state index in [1.54, 1.807) is 0 Å². The number of carbonyl (C=O) groups excluding carboxylic acids is 1. The van der Waals surface area contributed by atoms with Crippen molar-refractivity contribution in [2.24, 2.45) is 0 Å². The van der Waals surface area contributed by atoms with Gasteiger partial charge in [0.25, 0.3) is 0 Å². The van der Waals surface area contributed by atoms with Crippen LogP contribution in [0.5, 0.6) is 0 Å². The van der Waals surface area contributed by atoms with E-state index in [9.17, 15) is 21.6 Å². The van der Waals surface area contributed by atoms with Crippen LogP contribution in [0.25, 0.3) is 0 Å². The van der Waals surface area contributed by atoms with E-state index >= 15 is 0 Å². The predicted molar refractivity (Wildman–Crippen MR) is 41.9 cm³/mol. The first-order chi connectivity index (χ1) is 6.14. The molecule has 0 unspecified atom stereocenters. The minimum absolute atomic E-state index is 0.0687. The molecule has 2 amide bonds. The molecule has 1 aliphatic rings. The molecule has 82 valence electrons. The van der Waals surface area contributed by atoms with Crippen molar-refractivity contribution in [3.8, 4) is 0 Å². The van der Waals surface area contributed by atoms with E-state index in [0.717, 1.165) is 0 Å². The first kappa shape index (κ1) is 11.2. The van der Waals surface area contributed by atoms with Gasteiger partial charge in [-0.05, 0) is 0 Å². The number of amides is 2. The van der Waals surface area contributed by atoms with Crippen LogP contribution in [0.2, 0.25) is 0 Å². The highest BCUT2D eigenvalue weighted by Gasteiger charge is 2.41. The lowest BCUT2D eigenvalue weighted by Gasteiger charge is -2.12. The molecule has 0 saturated carbocycles. The van der Waals surface area contributed by atoms with Gasteiger partial charge >= 0.3 is 26.6 Å². The molecule has 1 heterocycles. The lowest BCUT2D eigenvalue weighted by molar-refractivity contribution is 0.219.